The van der Waals surface area contributed by atoms with Crippen molar-refractivity contribution < 1.29 is 5.21 Å². The van der Waals surface area contributed by atoms with E-state index in [9.17, 15) is 5.21 Å². The summed E-state index contributed by atoms with van der Waals surface area (Å²) in [6.07, 6.45) is 5.97. The summed E-state index contributed by atoms with van der Waals surface area (Å²) in [6, 6.07) is 3.79. The number of anilines is 1. The van der Waals surface area contributed by atoms with Crippen LogP contribution in [0, 0.1) is 18.4 Å². The molecule has 3 N–H and O–H groups in total. The van der Waals surface area contributed by atoms with Gasteiger partial charge in [-0.15, -0.1) is 0 Å². The van der Waals surface area contributed by atoms with E-state index in [4.69, 9.17) is 10.3 Å². The SMILES string of the molecule is Cc1ccc(NC(=NC2CCC(C)(C)N(O)C(C)(C)C2)NC#N)cn1. The summed E-state index contributed by atoms with van der Waals surface area (Å²) in [5.41, 5.74) is 0.972. The number of pyridine rings is 1. The Hall–Kier alpha value is -2.17. The van der Waals surface area contributed by atoms with Gasteiger partial charge in [0.15, 0.2) is 6.19 Å². The molecule has 0 bridgehead atoms. The van der Waals surface area contributed by atoms with Crippen LogP contribution in [-0.2, 0) is 0 Å². The first kappa shape index (κ1) is 19.2. The third-order valence-electron chi connectivity index (χ3n) is 4.63. The highest BCUT2D eigenvalue weighted by atomic mass is 16.5. The molecule has 25 heavy (non-hydrogen) atoms. The number of aromatic nitrogens is 1. The van der Waals surface area contributed by atoms with E-state index < -0.39 is 5.54 Å². The van der Waals surface area contributed by atoms with Crippen LogP contribution in [0.4, 0.5) is 5.69 Å². The first-order chi connectivity index (χ1) is 11.6. The molecule has 0 radical (unpaired) electrons. The Labute approximate surface area is 149 Å². The zero-order chi connectivity index (χ0) is 18.7. The lowest BCUT2D eigenvalue weighted by Crippen LogP contribution is -2.52. The maximum Gasteiger partial charge on any atom is 0.209 e. The molecule has 1 aliphatic rings. The molecule has 0 saturated carbocycles. The van der Waals surface area contributed by atoms with E-state index in [2.05, 4.69) is 15.6 Å². The van der Waals surface area contributed by atoms with Gasteiger partial charge < -0.3 is 10.5 Å². The average molecular weight is 344 g/mol. The number of hydrogen-bond acceptors (Lipinski definition) is 5. The fourth-order valence-electron chi connectivity index (χ4n) is 3.33. The number of nitrogens with one attached hydrogen (secondary N) is 2. The Morgan fingerprint density at radius 2 is 2.08 bits per heavy atom. The Kier molecular flexibility index (Phi) is 5.65. The number of rotatable bonds is 2. The van der Waals surface area contributed by atoms with Gasteiger partial charge in [-0.1, -0.05) is 0 Å². The lowest BCUT2D eigenvalue weighted by atomic mass is 9.94. The lowest BCUT2D eigenvalue weighted by Gasteiger charge is -2.42. The molecule has 1 aromatic rings. The van der Waals surface area contributed by atoms with Crippen molar-refractivity contribution in [3.8, 4) is 6.19 Å². The molecule has 7 heteroatoms. The quantitative estimate of drug-likeness (QED) is 0.330. The summed E-state index contributed by atoms with van der Waals surface area (Å²) >= 11 is 0. The maximum absolute atomic E-state index is 10.6. The second-order valence-electron chi connectivity index (χ2n) is 7.86. The average Bonchev–Trinajstić information content (AvgIpc) is 2.60. The molecule has 1 fully saturated rings. The van der Waals surface area contributed by atoms with Crippen molar-refractivity contribution in [2.24, 2.45) is 4.99 Å². The Morgan fingerprint density at radius 1 is 1.36 bits per heavy atom. The summed E-state index contributed by atoms with van der Waals surface area (Å²) < 4.78 is 0. The fourth-order valence-corrected chi connectivity index (χ4v) is 3.33. The molecule has 0 aliphatic carbocycles. The van der Waals surface area contributed by atoms with E-state index in [0.717, 1.165) is 24.2 Å². The number of aryl methyl sites for hydroxylation is 1. The molecule has 2 heterocycles. The van der Waals surface area contributed by atoms with E-state index in [-0.39, 0.29) is 11.6 Å². The van der Waals surface area contributed by atoms with E-state index >= 15 is 0 Å². The first-order valence-electron chi connectivity index (χ1n) is 8.56. The van der Waals surface area contributed by atoms with Gasteiger partial charge in [0.05, 0.1) is 17.9 Å². The minimum atomic E-state index is -0.405. The van der Waals surface area contributed by atoms with Crippen LogP contribution in [0.5, 0.6) is 0 Å². The summed E-state index contributed by atoms with van der Waals surface area (Å²) in [4.78, 5) is 8.94. The summed E-state index contributed by atoms with van der Waals surface area (Å²) in [6.45, 7) is 10.0. The van der Waals surface area contributed by atoms with Crippen LogP contribution in [0.25, 0.3) is 0 Å². The van der Waals surface area contributed by atoms with Crippen LogP contribution in [-0.4, -0.2) is 38.3 Å². The number of hydroxylamine groups is 2. The van der Waals surface area contributed by atoms with Crippen LogP contribution in [0.15, 0.2) is 23.3 Å². The van der Waals surface area contributed by atoms with Crippen molar-refractivity contribution in [1.82, 2.24) is 15.4 Å². The first-order valence-corrected chi connectivity index (χ1v) is 8.56. The van der Waals surface area contributed by atoms with Crippen molar-refractivity contribution in [2.75, 3.05) is 5.32 Å². The van der Waals surface area contributed by atoms with Gasteiger partial charge in [-0.3, -0.25) is 10.3 Å². The van der Waals surface area contributed by atoms with Gasteiger partial charge in [0.1, 0.15) is 0 Å². The number of guanidine groups is 1. The molecule has 0 spiro atoms. The standard InChI is InChI=1S/C18H28N6O/c1-13-6-7-15(11-20-13)23-16(21-12-19)22-14-8-9-17(2,3)24(25)18(4,5)10-14/h6-7,11,14,25H,8-10H2,1-5H3,(H2,21,22,23). The predicted octanol–water partition coefficient (Wildman–Crippen LogP) is 3.03. The number of nitrogens with zero attached hydrogens (tertiary/aromatic N) is 4. The molecule has 7 nitrogen and oxygen atoms in total. The molecule has 136 valence electrons. The molecule has 1 aliphatic heterocycles. The molecular weight excluding hydrogens is 316 g/mol. The second-order valence-corrected chi connectivity index (χ2v) is 7.86. The Bertz CT molecular complexity index is 659. The van der Waals surface area contributed by atoms with Gasteiger partial charge in [-0.25, -0.2) is 4.99 Å². The zero-order valence-corrected chi connectivity index (χ0v) is 15.7. The second kappa shape index (κ2) is 7.38. The fraction of sp³-hybridized carbons (Fsp3) is 0.611. The minimum Gasteiger partial charge on any atom is -0.324 e. The highest BCUT2D eigenvalue weighted by Gasteiger charge is 2.41. The molecule has 1 aromatic heterocycles. The molecule has 1 atom stereocenters. The number of hydrogen-bond donors (Lipinski definition) is 3. The van der Waals surface area contributed by atoms with E-state index in [1.54, 1.807) is 6.20 Å². The van der Waals surface area contributed by atoms with Gasteiger partial charge >= 0.3 is 0 Å². The van der Waals surface area contributed by atoms with Crippen molar-refractivity contribution in [1.29, 1.82) is 5.26 Å². The third kappa shape index (κ3) is 4.91. The van der Waals surface area contributed by atoms with Crippen LogP contribution in [0.2, 0.25) is 0 Å². The van der Waals surface area contributed by atoms with Crippen molar-refractivity contribution >= 4 is 11.6 Å². The van der Waals surface area contributed by atoms with Gasteiger partial charge in [0.2, 0.25) is 5.96 Å². The molecular formula is C18H28N6O. The molecule has 2 rings (SSSR count). The van der Waals surface area contributed by atoms with Gasteiger partial charge in [0, 0.05) is 16.8 Å². The Morgan fingerprint density at radius 3 is 2.68 bits per heavy atom. The van der Waals surface area contributed by atoms with Crippen LogP contribution in [0.3, 0.4) is 0 Å². The maximum atomic E-state index is 10.6. The summed E-state index contributed by atoms with van der Waals surface area (Å²) in [5, 5.41) is 26.8. The Balaban J connectivity index is 2.21. The molecule has 1 saturated heterocycles. The highest BCUT2D eigenvalue weighted by Crippen LogP contribution is 2.36. The minimum absolute atomic E-state index is 0.00631. The van der Waals surface area contributed by atoms with E-state index in [1.807, 2.05) is 52.9 Å². The monoisotopic (exact) mass is 344 g/mol. The molecule has 0 aromatic carbocycles. The zero-order valence-electron chi connectivity index (χ0n) is 15.7. The smallest absolute Gasteiger partial charge is 0.209 e. The molecule has 0 amide bonds. The normalized spacial score (nSPS) is 23.4. The largest absolute Gasteiger partial charge is 0.324 e. The van der Waals surface area contributed by atoms with E-state index in [0.29, 0.717) is 12.4 Å². The predicted molar refractivity (Wildman–Crippen MR) is 98.2 cm³/mol. The summed E-state index contributed by atoms with van der Waals surface area (Å²) in [7, 11) is 0. The van der Waals surface area contributed by atoms with E-state index in [1.165, 1.54) is 5.06 Å². The molecule has 1 unspecified atom stereocenters. The van der Waals surface area contributed by atoms with Gasteiger partial charge in [-0.2, -0.15) is 10.3 Å². The van der Waals surface area contributed by atoms with Crippen molar-refractivity contribution in [3.05, 3.63) is 24.0 Å². The number of nitriles is 1. The van der Waals surface area contributed by atoms with Gasteiger partial charge in [-0.05, 0) is 66.0 Å². The third-order valence-corrected chi connectivity index (χ3v) is 4.63. The van der Waals surface area contributed by atoms with Crippen molar-refractivity contribution in [2.45, 2.75) is 71.0 Å². The number of aliphatic imine (C=N–C) groups is 1. The van der Waals surface area contributed by atoms with Crippen LogP contribution < -0.4 is 10.6 Å². The topological polar surface area (TPSA) is 96.6 Å². The van der Waals surface area contributed by atoms with Gasteiger partial charge in [0.25, 0.3) is 0 Å². The summed E-state index contributed by atoms with van der Waals surface area (Å²) in [5.74, 6) is 0.401. The lowest BCUT2D eigenvalue weighted by molar-refractivity contribution is -0.221. The van der Waals surface area contributed by atoms with Crippen molar-refractivity contribution in [3.63, 3.8) is 0 Å². The van der Waals surface area contributed by atoms with Crippen LogP contribution in [0.1, 0.15) is 52.7 Å². The van der Waals surface area contributed by atoms with Crippen LogP contribution >= 0.6 is 0 Å². The highest BCUT2D eigenvalue weighted by molar-refractivity contribution is 5.94.